The molecule has 2 aromatic rings. The fourth-order valence-electron chi connectivity index (χ4n) is 3.18. The highest BCUT2D eigenvalue weighted by Gasteiger charge is 2.31. The molecule has 7 nitrogen and oxygen atoms in total. The Bertz CT molecular complexity index is 954. The van der Waals surface area contributed by atoms with Gasteiger partial charge in [-0.1, -0.05) is 6.07 Å². The molecule has 1 fully saturated rings. The number of aryl methyl sites for hydroxylation is 1. The van der Waals surface area contributed by atoms with Crippen LogP contribution in [0.3, 0.4) is 0 Å². The van der Waals surface area contributed by atoms with E-state index < -0.39 is 9.84 Å². The number of aromatic nitrogens is 2. The molecule has 0 spiro atoms. The molecule has 2 heterocycles. The first kappa shape index (κ1) is 19.8. The van der Waals surface area contributed by atoms with E-state index in [-0.39, 0.29) is 29.2 Å². The SMILES string of the molecule is COc1cccc(SCC(=O)Nc2c(C)nn(C3CCS(=O)(=O)C3)c2C)c1. The molecule has 1 amide bonds. The fourth-order valence-corrected chi connectivity index (χ4v) is 5.62. The van der Waals surface area contributed by atoms with Gasteiger partial charge in [0.25, 0.3) is 0 Å². The summed E-state index contributed by atoms with van der Waals surface area (Å²) in [6.07, 6.45) is 0.559. The zero-order chi connectivity index (χ0) is 19.6. The number of thioether (sulfide) groups is 1. The largest absolute Gasteiger partial charge is 0.497 e. The highest BCUT2D eigenvalue weighted by atomic mass is 32.2. The number of methoxy groups -OCH3 is 1. The summed E-state index contributed by atoms with van der Waals surface area (Å²) < 4.78 is 30.4. The first-order valence-corrected chi connectivity index (χ1v) is 11.4. The van der Waals surface area contributed by atoms with Crippen molar-refractivity contribution in [1.29, 1.82) is 0 Å². The van der Waals surface area contributed by atoms with Crippen molar-refractivity contribution < 1.29 is 17.9 Å². The van der Waals surface area contributed by atoms with Gasteiger partial charge in [0.2, 0.25) is 5.91 Å². The minimum atomic E-state index is -2.99. The van der Waals surface area contributed by atoms with Crippen LogP contribution in [-0.4, -0.2) is 48.5 Å². The summed E-state index contributed by atoms with van der Waals surface area (Å²) in [6, 6.07) is 7.38. The van der Waals surface area contributed by atoms with Crippen LogP contribution in [0.1, 0.15) is 23.9 Å². The fraction of sp³-hybridized carbons (Fsp3) is 0.444. The van der Waals surface area contributed by atoms with E-state index in [2.05, 4.69) is 10.4 Å². The Hall–Kier alpha value is -2.00. The number of rotatable bonds is 6. The number of anilines is 1. The summed E-state index contributed by atoms with van der Waals surface area (Å²) in [5, 5.41) is 7.38. The molecule has 1 unspecified atom stereocenters. The normalized spacial score (nSPS) is 18.4. The molecule has 9 heteroatoms. The molecule has 0 aliphatic carbocycles. The number of ether oxygens (including phenoxy) is 1. The maximum Gasteiger partial charge on any atom is 0.234 e. The molecule has 1 aromatic carbocycles. The third kappa shape index (κ3) is 4.65. The summed E-state index contributed by atoms with van der Waals surface area (Å²) in [4.78, 5) is 13.3. The monoisotopic (exact) mass is 409 g/mol. The summed E-state index contributed by atoms with van der Waals surface area (Å²) in [5.74, 6) is 1.17. The molecule has 1 aliphatic rings. The van der Waals surface area contributed by atoms with E-state index in [1.54, 1.807) is 11.8 Å². The van der Waals surface area contributed by atoms with Crippen molar-refractivity contribution in [2.45, 2.75) is 31.2 Å². The van der Waals surface area contributed by atoms with E-state index in [1.807, 2.05) is 38.1 Å². The maximum absolute atomic E-state index is 12.4. The van der Waals surface area contributed by atoms with E-state index in [0.29, 0.717) is 17.8 Å². The van der Waals surface area contributed by atoms with Crippen LogP contribution >= 0.6 is 11.8 Å². The molecule has 1 aliphatic heterocycles. The van der Waals surface area contributed by atoms with Crippen molar-refractivity contribution >= 4 is 33.2 Å². The minimum absolute atomic E-state index is 0.105. The summed E-state index contributed by atoms with van der Waals surface area (Å²) in [6.45, 7) is 3.67. The van der Waals surface area contributed by atoms with Gasteiger partial charge in [-0.3, -0.25) is 9.48 Å². The van der Waals surface area contributed by atoms with Gasteiger partial charge in [-0.2, -0.15) is 5.10 Å². The summed E-state index contributed by atoms with van der Waals surface area (Å²) >= 11 is 1.42. The Morgan fingerprint density at radius 1 is 1.41 bits per heavy atom. The van der Waals surface area contributed by atoms with Gasteiger partial charge in [0, 0.05) is 4.90 Å². The molecule has 1 saturated heterocycles. The lowest BCUT2D eigenvalue weighted by atomic mass is 10.2. The molecule has 1 N–H and O–H groups in total. The number of nitrogens with zero attached hydrogens (tertiary/aromatic N) is 2. The third-order valence-electron chi connectivity index (χ3n) is 4.55. The van der Waals surface area contributed by atoms with Crippen LogP contribution < -0.4 is 10.1 Å². The van der Waals surface area contributed by atoms with Crippen molar-refractivity contribution in [2.75, 3.05) is 29.7 Å². The predicted molar refractivity (Wildman–Crippen MR) is 106 cm³/mol. The molecule has 27 heavy (non-hydrogen) atoms. The topological polar surface area (TPSA) is 90.3 Å². The maximum atomic E-state index is 12.4. The van der Waals surface area contributed by atoms with Gasteiger partial charge in [0.05, 0.1) is 47.5 Å². The average molecular weight is 410 g/mol. The molecule has 1 atom stereocenters. The van der Waals surface area contributed by atoms with E-state index >= 15 is 0 Å². The molecular formula is C18H23N3O4S2. The molecular weight excluding hydrogens is 386 g/mol. The number of carbonyl (C=O) groups is 1. The molecule has 0 radical (unpaired) electrons. The van der Waals surface area contributed by atoms with Gasteiger partial charge in [-0.25, -0.2) is 8.42 Å². The van der Waals surface area contributed by atoms with Crippen LogP contribution in [0.25, 0.3) is 0 Å². The van der Waals surface area contributed by atoms with Crippen LogP contribution in [0.4, 0.5) is 5.69 Å². The molecule has 0 saturated carbocycles. The zero-order valence-electron chi connectivity index (χ0n) is 15.6. The number of nitrogens with one attached hydrogen (secondary N) is 1. The Morgan fingerprint density at radius 3 is 2.85 bits per heavy atom. The lowest BCUT2D eigenvalue weighted by Crippen LogP contribution is -2.16. The third-order valence-corrected chi connectivity index (χ3v) is 7.30. The number of carbonyl (C=O) groups excluding carboxylic acids is 1. The number of hydrogen-bond donors (Lipinski definition) is 1. The second-order valence-electron chi connectivity index (χ2n) is 6.56. The Balaban J connectivity index is 1.66. The Kier molecular flexibility index (Phi) is 5.81. The zero-order valence-corrected chi connectivity index (χ0v) is 17.2. The molecule has 146 valence electrons. The van der Waals surface area contributed by atoms with Gasteiger partial charge >= 0.3 is 0 Å². The average Bonchev–Trinajstić information content (AvgIpc) is 3.13. The second-order valence-corrected chi connectivity index (χ2v) is 9.84. The quantitative estimate of drug-likeness (QED) is 0.738. The molecule has 1 aromatic heterocycles. The highest BCUT2D eigenvalue weighted by Crippen LogP contribution is 2.29. The van der Waals surface area contributed by atoms with Gasteiger partial charge in [0.15, 0.2) is 9.84 Å². The smallest absolute Gasteiger partial charge is 0.234 e. The molecule has 0 bridgehead atoms. The van der Waals surface area contributed by atoms with E-state index in [0.717, 1.165) is 16.3 Å². The Morgan fingerprint density at radius 2 is 2.19 bits per heavy atom. The van der Waals surface area contributed by atoms with Crippen LogP contribution in [0.15, 0.2) is 29.2 Å². The lowest BCUT2D eigenvalue weighted by molar-refractivity contribution is -0.113. The van der Waals surface area contributed by atoms with Crippen LogP contribution in [0.5, 0.6) is 5.75 Å². The van der Waals surface area contributed by atoms with Gasteiger partial charge in [-0.15, -0.1) is 11.8 Å². The first-order valence-electron chi connectivity index (χ1n) is 8.62. The Labute approximate surface area is 163 Å². The van der Waals surface area contributed by atoms with Gasteiger partial charge in [0.1, 0.15) is 5.75 Å². The van der Waals surface area contributed by atoms with Crippen molar-refractivity contribution in [1.82, 2.24) is 9.78 Å². The standard InChI is InChI=1S/C18H23N3O4S2/c1-12-18(13(2)21(20-12)14-7-8-27(23,24)11-14)19-17(22)10-26-16-6-4-5-15(9-16)25-3/h4-6,9,14H,7-8,10-11H2,1-3H3,(H,19,22). The highest BCUT2D eigenvalue weighted by molar-refractivity contribution is 8.00. The first-order chi connectivity index (χ1) is 12.8. The van der Waals surface area contributed by atoms with E-state index in [1.165, 1.54) is 11.8 Å². The number of amides is 1. The lowest BCUT2D eigenvalue weighted by Gasteiger charge is -2.11. The van der Waals surface area contributed by atoms with E-state index in [4.69, 9.17) is 4.74 Å². The van der Waals surface area contributed by atoms with Gasteiger partial charge in [-0.05, 0) is 38.5 Å². The number of benzene rings is 1. The van der Waals surface area contributed by atoms with Crippen LogP contribution in [0.2, 0.25) is 0 Å². The number of hydrogen-bond acceptors (Lipinski definition) is 6. The van der Waals surface area contributed by atoms with E-state index in [9.17, 15) is 13.2 Å². The van der Waals surface area contributed by atoms with Crippen LogP contribution in [0, 0.1) is 13.8 Å². The van der Waals surface area contributed by atoms with Crippen LogP contribution in [-0.2, 0) is 14.6 Å². The minimum Gasteiger partial charge on any atom is -0.497 e. The van der Waals surface area contributed by atoms with Crippen molar-refractivity contribution in [2.24, 2.45) is 0 Å². The van der Waals surface area contributed by atoms with Crippen molar-refractivity contribution in [3.8, 4) is 5.75 Å². The van der Waals surface area contributed by atoms with Crippen molar-refractivity contribution in [3.05, 3.63) is 35.7 Å². The summed E-state index contributed by atoms with van der Waals surface area (Å²) in [5.41, 5.74) is 2.14. The number of sulfone groups is 1. The van der Waals surface area contributed by atoms with Crippen molar-refractivity contribution in [3.63, 3.8) is 0 Å². The molecule has 3 rings (SSSR count). The summed E-state index contributed by atoms with van der Waals surface area (Å²) in [7, 11) is -1.39. The van der Waals surface area contributed by atoms with Gasteiger partial charge < -0.3 is 10.1 Å². The predicted octanol–water partition coefficient (Wildman–Crippen LogP) is 2.60. The second kappa shape index (κ2) is 7.93.